The summed E-state index contributed by atoms with van der Waals surface area (Å²) in [7, 11) is 0.345. The molecule has 2 aromatic rings. The van der Waals surface area contributed by atoms with Crippen molar-refractivity contribution in [2.75, 3.05) is 32.1 Å². The second-order valence-electron chi connectivity index (χ2n) is 6.46. The molecule has 1 fully saturated rings. The number of aromatic nitrogens is 3. The maximum absolute atomic E-state index is 12.2. The van der Waals surface area contributed by atoms with Crippen molar-refractivity contribution in [2.45, 2.75) is 12.1 Å². The summed E-state index contributed by atoms with van der Waals surface area (Å²) in [5.74, 6) is 0.354. The topological polar surface area (TPSA) is 97.2 Å². The first-order valence-electron chi connectivity index (χ1n) is 7.93. The van der Waals surface area contributed by atoms with Gasteiger partial charge in [-0.1, -0.05) is 0 Å². The molecule has 1 N–H and O–H groups in total. The second kappa shape index (κ2) is 6.93. The number of imidazole rings is 1. The minimum absolute atomic E-state index is 0.0243. The first kappa shape index (κ1) is 17.6. The maximum atomic E-state index is 12.2. The van der Waals surface area contributed by atoms with Crippen LogP contribution < -0.4 is 5.32 Å². The van der Waals surface area contributed by atoms with Gasteiger partial charge in [0.25, 0.3) is 0 Å². The van der Waals surface area contributed by atoms with E-state index in [1.807, 2.05) is 10.6 Å². The first-order valence-corrected chi connectivity index (χ1v) is 9.75. The lowest BCUT2D eigenvalue weighted by atomic mass is 10.1. The van der Waals surface area contributed by atoms with Gasteiger partial charge in [-0.05, 0) is 26.2 Å². The summed E-state index contributed by atoms with van der Waals surface area (Å²) in [6.45, 7) is 0.211. The summed E-state index contributed by atoms with van der Waals surface area (Å²) < 4.78 is 26.2. The van der Waals surface area contributed by atoms with Crippen LogP contribution in [0.1, 0.15) is 6.04 Å². The zero-order valence-electron chi connectivity index (χ0n) is 14.2. The van der Waals surface area contributed by atoms with Crippen molar-refractivity contribution in [1.82, 2.24) is 24.8 Å². The van der Waals surface area contributed by atoms with Crippen LogP contribution in [0.5, 0.6) is 0 Å². The zero-order valence-corrected chi connectivity index (χ0v) is 15.0. The molecule has 1 aliphatic rings. The largest absolute Gasteiger partial charge is 0.349 e. The monoisotopic (exact) mass is 363 g/mol. The lowest BCUT2D eigenvalue weighted by molar-refractivity contribution is -0.122. The Labute approximate surface area is 146 Å². The van der Waals surface area contributed by atoms with Gasteiger partial charge in [0.15, 0.2) is 9.84 Å². The van der Waals surface area contributed by atoms with Gasteiger partial charge in [0.05, 0.1) is 30.1 Å². The fourth-order valence-electron chi connectivity index (χ4n) is 3.08. The van der Waals surface area contributed by atoms with E-state index in [9.17, 15) is 13.2 Å². The molecule has 0 saturated carbocycles. The van der Waals surface area contributed by atoms with Crippen LogP contribution in [0.2, 0.25) is 0 Å². The van der Waals surface area contributed by atoms with E-state index in [4.69, 9.17) is 0 Å². The Kier molecular flexibility index (Phi) is 4.87. The zero-order chi connectivity index (χ0) is 18.0. The average molecular weight is 363 g/mol. The number of sulfone groups is 1. The Bertz CT molecular complexity index is 848. The SMILES string of the molecule is CN(C)CC(=O)N[C@@H]1CS(=O)(=O)C[C@H]1n1ccnc1-c1cccnc1. The Morgan fingerprint density at radius 2 is 2.16 bits per heavy atom. The third-order valence-electron chi connectivity index (χ3n) is 4.07. The molecule has 0 bridgehead atoms. The number of carbonyl (C=O) groups excluding carboxylic acids is 1. The number of amides is 1. The highest BCUT2D eigenvalue weighted by molar-refractivity contribution is 7.91. The number of pyridine rings is 1. The number of rotatable bonds is 5. The van der Waals surface area contributed by atoms with E-state index in [-0.39, 0.29) is 24.0 Å². The summed E-state index contributed by atoms with van der Waals surface area (Å²) in [4.78, 5) is 22.3. The van der Waals surface area contributed by atoms with Crippen molar-refractivity contribution in [3.8, 4) is 11.4 Å². The predicted molar refractivity (Wildman–Crippen MR) is 93.6 cm³/mol. The molecule has 3 rings (SSSR count). The number of hydrogen-bond donors (Lipinski definition) is 1. The molecule has 0 spiro atoms. The molecular formula is C16H21N5O3S. The second-order valence-corrected chi connectivity index (χ2v) is 8.61. The third-order valence-corrected chi connectivity index (χ3v) is 5.79. The predicted octanol–water partition coefficient (Wildman–Crippen LogP) is -0.0390. The van der Waals surface area contributed by atoms with Crippen molar-refractivity contribution >= 4 is 15.7 Å². The smallest absolute Gasteiger partial charge is 0.234 e. The van der Waals surface area contributed by atoms with Gasteiger partial charge in [0, 0.05) is 30.4 Å². The van der Waals surface area contributed by atoms with Crippen LogP contribution in [-0.2, 0) is 14.6 Å². The van der Waals surface area contributed by atoms with E-state index in [1.165, 1.54) is 0 Å². The Morgan fingerprint density at radius 3 is 2.84 bits per heavy atom. The lowest BCUT2D eigenvalue weighted by Gasteiger charge is -2.23. The molecule has 25 heavy (non-hydrogen) atoms. The summed E-state index contributed by atoms with van der Waals surface area (Å²) in [5.41, 5.74) is 0.801. The summed E-state index contributed by atoms with van der Waals surface area (Å²) in [6, 6.07) is 2.79. The van der Waals surface area contributed by atoms with E-state index in [1.54, 1.807) is 49.8 Å². The molecule has 9 heteroatoms. The van der Waals surface area contributed by atoms with Gasteiger partial charge in [0.1, 0.15) is 5.82 Å². The van der Waals surface area contributed by atoms with E-state index in [2.05, 4.69) is 15.3 Å². The fourth-order valence-corrected chi connectivity index (χ4v) is 4.98. The van der Waals surface area contributed by atoms with Crippen molar-refractivity contribution in [1.29, 1.82) is 0 Å². The minimum atomic E-state index is -3.24. The van der Waals surface area contributed by atoms with Gasteiger partial charge in [-0.25, -0.2) is 13.4 Å². The normalized spacial score (nSPS) is 22.2. The van der Waals surface area contributed by atoms with Crippen LogP contribution in [0.25, 0.3) is 11.4 Å². The van der Waals surface area contributed by atoms with Gasteiger partial charge in [-0.2, -0.15) is 0 Å². The van der Waals surface area contributed by atoms with Crippen molar-refractivity contribution in [3.05, 3.63) is 36.9 Å². The van der Waals surface area contributed by atoms with Gasteiger partial charge >= 0.3 is 0 Å². The quantitative estimate of drug-likeness (QED) is 0.801. The summed E-state index contributed by atoms with van der Waals surface area (Å²) in [6.07, 6.45) is 6.73. The minimum Gasteiger partial charge on any atom is -0.349 e. The van der Waals surface area contributed by atoms with Crippen LogP contribution in [0.4, 0.5) is 0 Å². The van der Waals surface area contributed by atoms with Crippen LogP contribution in [0.3, 0.4) is 0 Å². The molecule has 1 amide bonds. The van der Waals surface area contributed by atoms with E-state index in [0.717, 1.165) is 5.56 Å². The standard InChI is InChI=1S/C16H21N5O3S/c1-20(2)9-15(22)19-13-10-25(23,24)11-14(13)21-7-6-18-16(21)12-4-3-5-17-8-12/h3-8,13-14H,9-11H2,1-2H3,(H,19,22)/t13-,14-/m1/s1. The molecule has 0 radical (unpaired) electrons. The summed E-state index contributed by atoms with van der Waals surface area (Å²) >= 11 is 0. The van der Waals surface area contributed by atoms with Gasteiger partial charge < -0.3 is 14.8 Å². The average Bonchev–Trinajstić information content (AvgIpc) is 3.11. The van der Waals surface area contributed by atoms with E-state index >= 15 is 0 Å². The van der Waals surface area contributed by atoms with Crippen molar-refractivity contribution < 1.29 is 13.2 Å². The van der Waals surface area contributed by atoms with Crippen LogP contribution in [0.15, 0.2) is 36.9 Å². The number of likely N-dealkylation sites (N-methyl/N-ethyl adjacent to an activating group) is 1. The molecule has 134 valence electrons. The van der Waals surface area contributed by atoms with E-state index < -0.39 is 21.9 Å². The maximum Gasteiger partial charge on any atom is 0.234 e. The molecular weight excluding hydrogens is 342 g/mol. The van der Waals surface area contributed by atoms with Crippen LogP contribution in [-0.4, -0.2) is 71.9 Å². The molecule has 8 nitrogen and oxygen atoms in total. The molecule has 3 heterocycles. The first-order chi connectivity index (χ1) is 11.9. The molecule has 0 aliphatic carbocycles. The Hall–Kier alpha value is -2.26. The highest BCUT2D eigenvalue weighted by atomic mass is 32.2. The Morgan fingerprint density at radius 1 is 1.36 bits per heavy atom. The summed E-state index contributed by atoms with van der Waals surface area (Å²) in [5, 5.41) is 2.86. The van der Waals surface area contributed by atoms with Gasteiger partial charge in [0.2, 0.25) is 5.91 Å². The molecule has 0 unspecified atom stereocenters. The highest BCUT2D eigenvalue weighted by Crippen LogP contribution is 2.29. The molecule has 2 aromatic heterocycles. The third kappa shape index (κ3) is 4.05. The number of carbonyl (C=O) groups is 1. The van der Waals surface area contributed by atoms with Gasteiger partial charge in [-0.15, -0.1) is 0 Å². The highest BCUT2D eigenvalue weighted by Gasteiger charge is 2.40. The number of nitrogens with one attached hydrogen (secondary N) is 1. The molecule has 2 atom stereocenters. The van der Waals surface area contributed by atoms with E-state index in [0.29, 0.717) is 5.82 Å². The van der Waals surface area contributed by atoms with Crippen LogP contribution in [0, 0.1) is 0 Å². The molecule has 1 aliphatic heterocycles. The Balaban J connectivity index is 1.90. The number of nitrogens with zero attached hydrogens (tertiary/aromatic N) is 4. The lowest BCUT2D eigenvalue weighted by Crippen LogP contribution is -2.44. The molecule has 0 aromatic carbocycles. The van der Waals surface area contributed by atoms with Gasteiger partial charge in [-0.3, -0.25) is 9.78 Å². The fraction of sp³-hybridized carbons (Fsp3) is 0.438. The van der Waals surface area contributed by atoms with Crippen molar-refractivity contribution in [3.63, 3.8) is 0 Å². The van der Waals surface area contributed by atoms with Crippen molar-refractivity contribution in [2.24, 2.45) is 0 Å². The number of hydrogen-bond acceptors (Lipinski definition) is 6. The van der Waals surface area contributed by atoms with Crippen LogP contribution >= 0.6 is 0 Å². The molecule has 1 saturated heterocycles.